The Morgan fingerprint density at radius 3 is 2.12 bits per heavy atom. The topological polar surface area (TPSA) is 86.8 Å². The lowest BCUT2D eigenvalue weighted by Crippen LogP contribution is -2.53. The largest absolute Gasteiger partial charge is 0.352 e. The molecule has 2 atom stereocenters. The number of aryl methyl sites for hydroxylation is 2. The number of anilines is 1. The summed E-state index contributed by atoms with van der Waals surface area (Å²) in [6.07, 6.45) is 1.10. The minimum atomic E-state index is -4.12. The number of rotatable bonds is 12. The summed E-state index contributed by atoms with van der Waals surface area (Å²) in [5.41, 5.74) is 3.77. The lowest BCUT2D eigenvalue weighted by molar-refractivity contribution is -0.140. The third-order valence-corrected chi connectivity index (χ3v) is 9.41. The Bertz CT molecular complexity index is 1460. The zero-order valence-corrected chi connectivity index (χ0v) is 26.2. The molecule has 0 saturated heterocycles. The molecule has 0 aliphatic heterocycles. The molecule has 0 saturated carbocycles. The molecule has 41 heavy (non-hydrogen) atoms. The smallest absolute Gasteiger partial charge is 0.264 e. The SMILES string of the molecule is CC[C@@H](C)NC(=O)[C@H](CC)N(Cc1ccc(Cl)cc1)C(=O)CN(c1cccc(C)c1C)S(=O)(=O)c1ccc(C)cc1. The lowest BCUT2D eigenvalue weighted by Gasteiger charge is -2.34. The van der Waals surface area contributed by atoms with E-state index in [1.54, 1.807) is 60.7 Å². The van der Waals surface area contributed by atoms with Gasteiger partial charge < -0.3 is 10.2 Å². The van der Waals surface area contributed by atoms with E-state index in [0.29, 0.717) is 17.1 Å². The quantitative estimate of drug-likeness (QED) is 0.270. The number of hydrogen-bond acceptors (Lipinski definition) is 4. The molecule has 3 rings (SSSR count). The average Bonchev–Trinajstić information content (AvgIpc) is 2.94. The Kier molecular flexibility index (Phi) is 11.0. The van der Waals surface area contributed by atoms with Crippen LogP contribution in [0, 0.1) is 20.8 Å². The molecule has 1 N–H and O–H groups in total. The fourth-order valence-corrected chi connectivity index (χ4v) is 6.10. The number of benzene rings is 3. The van der Waals surface area contributed by atoms with Gasteiger partial charge in [0.2, 0.25) is 11.8 Å². The second-order valence-electron chi connectivity index (χ2n) is 10.4. The number of nitrogens with one attached hydrogen (secondary N) is 1. The molecule has 0 aromatic heterocycles. The van der Waals surface area contributed by atoms with Gasteiger partial charge in [0.15, 0.2) is 0 Å². The number of hydrogen-bond donors (Lipinski definition) is 1. The Morgan fingerprint density at radius 2 is 1.54 bits per heavy atom. The van der Waals surface area contributed by atoms with Crippen molar-refractivity contribution in [2.75, 3.05) is 10.8 Å². The highest BCUT2D eigenvalue weighted by Gasteiger charge is 2.34. The molecule has 7 nitrogen and oxygen atoms in total. The summed E-state index contributed by atoms with van der Waals surface area (Å²) >= 11 is 6.09. The average molecular weight is 598 g/mol. The third-order valence-electron chi connectivity index (χ3n) is 7.39. The van der Waals surface area contributed by atoms with Gasteiger partial charge in [-0.1, -0.05) is 67.4 Å². The van der Waals surface area contributed by atoms with E-state index in [-0.39, 0.29) is 23.4 Å². The van der Waals surface area contributed by atoms with Crippen molar-refractivity contribution in [3.63, 3.8) is 0 Å². The van der Waals surface area contributed by atoms with Crippen molar-refractivity contribution < 1.29 is 18.0 Å². The molecule has 0 bridgehead atoms. The van der Waals surface area contributed by atoms with Crippen LogP contribution in [0.1, 0.15) is 55.9 Å². The Balaban J connectivity index is 2.10. The maximum absolute atomic E-state index is 14.2. The van der Waals surface area contributed by atoms with Crippen molar-refractivity contribution in [1.82, 2.24) is 10.2 Å². The predicted octanol–water partition coefficient (Wildman–Crippen LogP) is 6.18. The zero-order chi connectivity index (χ0) is 30.3. The molecule has 0 fully saturated rings. The number of carbonyl (C=O) groups excluding carboxylic acids is 2. The third kappa shape index (κ3) is 7.89. The van der Waals surface area contributed by atoms with E-state index in [1.165, 1.54) is 4.90 Å². The summed E-state index contributed by atoms with van der Waals surface area (Å²) in [5, 5.41) is 3.54. The van der Waals surface area contributed by atoms with Crippen molar-refractivity contribution >= 4 is 39.1 Å². The van der Waals surface area contributed by atoms with Gasteiger partial charge in [-0.3, -0.25) is 13.9 Å². The minimum absolute atomic E-state index is 0.0719. The van der Waals surface area contributed by atoms with Crippen molar-refractivity contribution in [3.8, 4) is 0 Å². The molecular formula is C32H40ClN3O4S. The van der Waals surface area contributed by atoms with E-state index >= 15 is 0 Å². The normalized spacial score (nSPS) is 12.9. The Labute approximate surface area is 249 Å². The predicted molar refractivity (Wildman–Crippen MR) is 166 cm³/mol. The van der Waals surface area contributed by atoms with Gasteiger partial charge >= 0.3 is 0 Å². The van der Waals surface area contributed by atoms with Gasteiger partial charge in [-0.15, -0.1) is 0 Å². The molecule has 9 heteroatoms. The van der Waals surface area contributed by atoms with E-state index in [0.717, 1.165) is 33.0 Å². The van der Waals surface area contributed by atoms with Gasteiger partial charge in [-0.05, 0) is 87.6 Å². The molecule has 0 aliphatic carbocycles. The molecule has 0 heterocycles. The first-order chi connectivity index (χ1) is 19.4. The molecule has 220 valence electrons. The standard InChI is InChI=1S/C32H40ClN3O4S/c1-7-24(5)34-32(38)29(8-2)35(20-26-14-16-27(33)17-15-26)31(37)21-36(30-11-9-10-23(4)25(30)6)41(39,40)28-18-12-22(3)13-19-28/h9-19,24,29H,7-8,20-21H2,1-6H3,(H,34,38)/t24-,29+/m1/s1. The molecule has 0 unspecified atom stereocenters. The monoisotopic (exact) mass is 597 g/mol. The molecular weight excluding hydrogens is 558 g/mol. The van der Waals surface area contributed by atoms with Crippen LogP contribution < -0.4 is 9.62 Å². The molecule has 0 radical (unpaired) electrons. The van der Waals surface area contributed by atoms with Crippen LogP contribution in [-0.2, 0) is 26.2 Å². The van der Waals surface area contributed by atoms with E-state index < -0.39 is 28.5 Å². The van der Waals surface area contributed by atoms with Crippen LogP contribution in [0.3, 0.4) is 0 Å². The van der Waals surface area contributed by atoms with Crippen molar-refractivity contribution in [2.45, 2.75) is 77.9 Å². The maximum atomic E-state index is 14.2. The molecule has 0 aliphatic rings. The van der Waals surface area contributed by atoms with Crippen LogP contribution >= 0.6 is 11.6 Å². The number of amides is 2. The van der Waals surface area contributed by atoms with Gasteiger partial charge in [0.1, 0.15) is 12.6 Å². The summed E-state index contributed by atoms with van der Waals surface area (Å²) in [5.74, 6) is -0.758. The number of nitrogens with zero attached hydrogens (tertiary/aromatic N) is 2. The maximum Gasteiger partial charge on any atom is 0.264 e. The number of sulfonamides is 1. The highest BCUT2D eigenvalue weighted by molar-refractivity contribution is 7.92. The van der Waals surface area contributed by atoms with E-state index in [4.69, 9.17) is 11.6 Å². The van der Waals surface area contributed by atoms with Crippen molar-refractivity contribution in [2.24, 2.45) is 0 Å². The van der Waals surface area contributed by atoms with Crippen molar-refractivity contribution in [3.05, 3.63) is 94.0 Å². The molecule has 0 spiro atoms. The highest BCUT2D eigenvalue weighted by Crippen LogP contribution is 2.29. The Morgan fingerprint density at radius 1 is 0.902 bits per heavy atom. The van der Waals surface area contributed by atoms with Gasteiger partial charge in [-0.25, -0.2) is 8.42 Å². The first kappa shape index (κ1) is 32.2. The van der Waals surface area contributed by atoms with Crippen LogP contribution in [0.2, 0.25) is 5.02 Å². The first-order valence-corrected chi connectivity index (χ1v) is 15.7. The van der Waals surface area contributed by atoms with Crippen molar-refractivity contribution in [1.29, 1.82) is 0 Å². The van der Waals surface area contributed by atoms with Gasteiger partial charge in [0.05, 0.1) is 10.6 Å². The molecule has 2 amide bonds. The lowest BCUT2D eigenvalue weighted by atomic mass is 10.1. The fraction of sp³-hybridized carbons (Fsp3) is 0.375. The van der Waals surface area contributed by atoms with Crippen LogP contribution in [-0.4, -0.2) is 43.8 Å². The van der Waals surface area contributed by atoms with Gasteiger partial charge in [-0.2, -0.15) is 0 Å². The summed E-state index contributed by atoms with van der Waals surface area (Å²) in [4.78, 5) is 29.1. The minimum Gasteiger partial charge on any atom is -0.352 e. The summed E-state index contributed by atoms with van der Waals surface area (Å²) < 4.78 is 29.3. The number of carbonyl (C=O) groups is 2. The zero-order valence-electron chi connectivity index (χ0n) is 24.6. The Hall–Kier alpha value is -3.36. The molecule has 3 aromatic carbocycles. The second kappa shape index (κ2) is 14.0. The van der Waals surface area contributed by atoms with E-state index in [2.05, 4.69) is 5.32 Å². The van der Waals surface area contributed by atoms with Crippen LogP contribution in [0.25, 0.3) is 0 Å². The van der Waals surface area contributed by atoms with Crippen LogP contribution in [0.4, 0.5) is 5.69 Å². The first-order valence-electron chi connectivity index (χ1n) is 13.9. The fourth-order valence-electron chi connectivity index (χ4n) is 4.50. The van der Waals surface area contributed by atoms with Crippen LogP contribution in [0.15, 0.2) is 71.6 Å². The van der Waals surface area contributed by atoms with E-state index in [1.807, 2.05) is 47.6 Å². The van der Waals surface area contributed by atoms with Crippen LogP contribution in [0.5, 0.6) is 0 Å². The molecule has 3 aromatic rings. The van der Waals surface area contributed by atoms with Gasteiger partial charge in [0, 0.05) is 17.6 Å². The highest BCUT2D eigenvalue weighted by atomic mass is 35.5. The summed E-state index contributed by atoms with van der Waals surface area (Å²) in [6.45, 7) is 11.0. The summed E-state index contributed by atoms with van der Waals surface area (Å²) in [7, 11) is -4.12. The summed E-state index contributed by atoms with van der Waals surface area (Å²) in [6, 6.07) is 18.1. The van der Waals surface area contributed by atoms with E-state index in [9.17, 15) is 18.0 Å². The second-order valence-corrected chi connectivity index (χ2v) is 12.7. The van der Waals surface area contributed by atoms with Gasteiger partial charge in [0.25, 0.3) is 10.0 Å². The number of halogens is 1.